The monoisotopic (exact) mass is 218 g/mol. The summed E-state index contributed by atoms with van der Waals surface area (Å²) in [5.41, 5.74) is 5.27. The summed E-state index contributed by atoms with van der Waals surface area (Å²) >= 11 is 0. The average molecular weight is 218 g/mol. The van der Waals surface area contributed by atoms with Crippen molar-refractivity contribution < 1.29 is 19.4 Å². The van der Waals surface area contributed by atoms with E-state index < -0.39 is 18.1 Å². The molecule has 4 N–H and O–H groups in total. The van der Waals surface area contributed by atoms with Gasteiger partial charge in [0, 0.05) is 6.54 Å². The molecule has 0 radical (unpaired) electrons. The highest BCUT2D eigenvalue weighted by Crippen LogP contribution is 1.93. The molecule has 6 nitrogen and oxygen atoms in total. The number of amides is 1. The van der Waals surface area contributed by atoms with Gasteiger partial charge in [0.1, 0.15) is 6.04 Å². The first-order valence-electron chi connectivity index (χ1n) is 4.97. The number of carboxylic acid groups (broad SMARTS) is 1. The Kier molecular flexibility index (Phi) is 7.35. The Balaban J connectivity index is 3.38. The largest absolute Gasteiger partial charge is 0.480 e. The summed E-state index contributed by atoms with van der Waals surface area (Å²) in [6.45, 7) is 2.67. The third-order valence-corrected chi connectivity index (χ3v) is 1.72. The number of ether oxygens (including phenoxy) is 1. The number of rotatable bonds is 7. The molecule has 1 atom stereocenters. The van der Waals surface area contributed by atoms with E-state index in [0.29, 0.717) is 26.0 Å². The van der Waals surface area contributed by atoms with Gasteiger partial charge in [-0.1, -0.05) is 6.92 Å². The molecular formula is C9H18N2O4. The van der Waals surface area contributed by atoms with Crippen LogP contribution in [0.3, 0.4) is 0 Å². The van der Waals surface area contributed by atoms with Crippen LogP contribution in [-0.4, -0.2) is 36.4 Å². The van der Waals surface area contributed by atoms with Gasteiger partial charge in [-0.25, -0.2) is 4.79 Å². The molecule has 0 aliphatic rings. The molecule has 0 aliphatic carbocycles. The van der Waals surface area contributed by atoms with Crippen LogP contribution in [-0.2, 0) is 9.53 Å². The average Bonchev–Trinajstić information content (AvgIpc) is 2.20. The van der Waals surface area contributed by atoms with E-state index in [1.165, 1.54) is 0 Å². The first-order valence-corrected chi connectivity index (χ1v) is 4.97. The lowest BCUT2D eigenvalue weighted by molar-refractivity contribution is -0.138. The summed E-state index contributed by atoms with van der Waals surface area (Å²) in [6, 6.07) is -0.863. The Morgan fingerprint density at radius 3 is 2.73 bits per heavy atom. The van der Waals surface area contributed by atoms with Gasteiger partial charge in [-0.15, -0.1) is 0 Å². The molecule has 0 rings (SSSR count). The van der Waals surface area contributed by atoms with Crippen LogP contribution in [0.25, 0.3) is 0 Å². The number of aliphatic carboxylic acids is 1. The summed E-state index contributed by atoms with van der Waals surface area (Å²) < 4.78 is 4.75. The molecule has 0 saturated heterocycles. The molecule has 0 aromatic rings. The van der Waals surface area contributed by atoms with Crippen molar-refractivity contribution in [2.24, 2.45) is 5.73 Å². The van der Waals surface area contributed by atoms with Crippen molar-refractivity contribution in [2.45, 2.75) is 32.2 Å². The van der Waals surface area contributed by atoms with E-state index >= 15 is 0 Å². The van der Waals surface area contributed by atoms with Crippen LogP contribution in [0.15, 0.2) is 0 Å². The molecule has 0 aliphatic heterocycles. The molecule has 0 saturated carbocycles. The zero-order chi connectivity index (χ0) is 11.7. The van der Waals surface area contributed by atoms with Gasteiger partial charge in [-0.3, -0.25) is 4.79 Å². The maximum absolute atomic E-state index is 10.9. The Morgan fingerprint density at radius 2 is 2.20 bits per heavy atom. The van der Waals surface area contributed by atoms with E-state index in [1.54, 1.807) is 0 Å². The van der Waals surface area contributed by atoms with Crippen LogP contribution in [0.4, 0.5) is 4.79 Å². The summed E-state index contributed by atoms with van der Waals surface area (Å²) in [7, 11) is 0. The molecule has 88 valence electrons. The molecule has 0 aromatic heterocycles. The van der Waals surface area contributed by atoms with Gasteiger partial charge in [0.15, 0.2) is 0 Å². The zero-order valence-electron chi connectivity index (χ0n) is 8.86. The molecule has 1 amide bonds. The summed E-state index contributed by atoms with van der Waals surface area (Å²) in [4.78, 5) is 21.2. The topological polar surface area (TPSA) is 102 Å². The van der Waals surface area contributed by atoms with Crippen molar-refractivity contribution in [3.05, 3.63) is 0 Å². The van der Waals surface area contributed by atoms with Gasteiger partial charge < -0.3 is 20.9 Å². The lowest BCUT2D eigenvalue weighted by Gasteiger charge is -2.07. The molecular weight excluding hydrogens is 200 g/mol. The van der Waals surface area contributed by atoms with Crippen LogP contribution in [0.2, 0.25) is 0 Å². The van der Waals surface area contributed by atoms with Crippen molar-refractivity contribution in [1.29, 1.82) is 0 Å². The molecule has 0 spiro atoms. The second-order valence-corrected chi connectivity index (χ2v) is 3.15. The smallest absolute Gasteiger partial charge is 0.407 e. The van der Waals surface area contributed by atoms with Gasteiger partial charge in [0.25, 0.3) is 0 Å². The highest BCUT2D eigenvalue weighted by molar-refractivity contribution is 5.73. The molecule has 6 heteroatoms. The SMILES string of the molecule is CCCOC(=O)NCCC[C@H](N)C(=O)O. The maximum Gasteiger partial charge on any atom is 0.407 e. The van der Waals surface area contributed by atoms with Crippen molar-refractivity contribution >= 4 is 12.1 Å². The number of carboxylic acids is 1. The number of carbonyl (C=O) groups excluding carboxylic acids is 1. The fourth-order valence-corrected chi connectivity index (χ4v) is 0.882. The second-order valence-electron chi connectivity index (χ2n) is 3.15. The molecule has 0 fully saturated rings. The van der Waals surface area contributed by atoms with Gasteiger partial charge in [0.05, 0.1) is 6.61 Å². The van der Waals surface area contributed by atoms with Crippen LogP contribution in [0.1, 0.15) is 26.2 Å². The molecule has 0 heterocycles. The highest BCUT2D eigenvalue weighted by atomic mass is 16.5. The number of nitrogens with two attached hydrogens (primary N) is 1. The number of carbonyl (C=O) groups is 2. The second kappa shape index (κ2) is 8.05. The van der Waals surface area contributed by atoms with Gasteiger partial charge in [-0.05, 0) is 19.3 Å². The number of alkyl carbamates (subject to hydrolysis) is 1. The van der Waals surface area contributed by atoms with E-state index in [9.17, 15) is 9.59 Å². The minimum absolute atomic E-state index is 0.337. The highest BCUT2D eigenvalue weighted by Gasteiger charge is 2.10. The lowest BCUT2D eigenvalue weighted by Crippen LogP contribution is -2.32. The maximum atomic E-state index is 10.9. The summed E-state index contributed by atoms with van der Waals surface area (Å²) in [5, 5.41) is 11.0. The Labute approximate surface area is 88.8 Å². The van der Waals surface area contributed by atoms with Crippen molar-refractivity contribution in [3.8, 4) is 0 Å². The van der Waals surface area contributed by atoms with Crippen LogP contribution in [0, 0.1) is 0 Å². The Hall–Kier alpha value is -1.30. The predicted molar refractivity (Wildman–Crippen MR) is 54.5 cm³/mol. The van der Waals surface area contributed by atoms with Crippen LogP contribution in [0.5, 0.6) is 0 Å². The Bertz CT molecular complexity index is 208. The van der Waals surface area contributed by atoms with Crippen LogP contribution >= 0.6 is 0 Å². The first-order chi connectivity index (χ1) is 7.07. The van der Waals surface area contributed by atoms with E-state index in [0.717, 1.165) is 6.42 Å². The number of hydrogen-bond acceptors (Lipinski definition) is 4. The van der Waals surface area contributed by atoms with Crippen molar-refractivity contribution in [1.82, 2.24) is 5.32 Å². The molecule has 0 unspecified atom stereocenters. The van der Waals surface area contributed by atoms with Gasteiger partial charge in [0.2, 0.25) is 0 Å². The molecule has 15 heavy (non-hydrogen) atoms. The molecule has 0 aromatic carbocycles. The Morgan fingerprint density at radius 1 is 1.53 bits per heavy atom. The number of nitrogens with one attached hydrogen (secondary N) is 1. The third-order valence-electron chi connectivity index (χ3n) is 1.72. The third kappa shape index (κ3) is 7.75. The number of hydrogen-bond donors (Lipinski definition) is 3. The minimum atomic E-state index is -1.02. The quantitative estimate of drug-likeness (QED) is 0.534. The fraction of sp³-hybridized carbons (Fsp3) is 0.778. The molecule has 0 bridgehead atoms. The van der Waals surface area contributed by atoms with Crippen molar-refractivity contribution in [3.63, 3.8) is 0 Å². The summed E-state index contributed by atoms with van der Waals surface area (Å²) in [5.74, 6) is -1.02. The summed E-state index contributed by atoms with van der Waals surface area (Å²) in [6.07, 6.45) is 1.16. The fourth-order valence-electron chi connectivity index (χ4n) is 0.882. The van der Waals surface area contributed by atoms with Crippen LogP contribution < -0.4 is 11.1 Å². The van der Waals surface area contributed by atoms with E-state index in [2.05, 4.69) is 5.32 Å². The van der Waals surface area contributed by atoms with E-state index in [4.69, 9.17) is 15.6 Å². The first kappa shape index (κ1) is 13.7. The normalized spacial score (nSPS) is 11.9. The van der Waals surface area contributed by atoms with E-state index in [1.807, 2.05) is 6.92 Å². The van der Waals surface area contributed by atoms with E-state index in [-0.39, 0.29) is 0 Å². The lowest BCUT2D eigenvalue weighted by atomic mass is 10.2. The predicted octanol–water partition coefficient (Wildman–Crippen LogP) is 0.315. The van der Waals surface area contributed by atoms with Gasteiger partial charge in [-0.2, -0.15) is 0 Å². The van der Waals surface area contributed by atoms with Gasteiger partial charge >= 0.3 is 12.1 Å². The van der Waals surface area contributed by atoms with Crippen molar-refractivity contribution in [2.75, 3.05) is 13.2 Å². The minimum Gasteiger partial charge on any atom is -0.480 e. The standard InChI is InChI=1S/C9H18N2O4/c1-2-6-15-9(14)11-5-3-4-7(10)8(12)13/h7H,2-6,10H2,1H3,(H,11,14)(H,12,13)/t7-/m0/s1. The zero-order valence-corrected chi connectivity index (χ0v) is 8.86.